The summed E-state index contributed by atoms with van der Waals surface area (Å²) in [6, 6.07) is 8.97. The number of aryl methyl sites for hydroxylation is 1. The van der Waals surface area contributed by atoms with Crippen LogP contribution in [0.25, 0.3) is 0 Å². The van der Waals surface area contributed by atoms with Crippen molar-refractivity contribution in [2.24, 2.45) is 0 Å². The number of rotatable bonds is 4. The van der Waals surface area contributed by atoms with Gasteiger partial charge < -0.3 is 15.1 Å². The van der Waals surface area contributed by atoms with Gasteiger partial charge in [0.25, 0.3) is 5.91 Å². The zero-order valence-electron chi connectivity index (χ0n) is 17.0. The standard InChI is InChI=1S/C22H27N5O2/c1-26(2)21-24-13-17-9-11-22(19(17)25-21)10-6-12-27(15-22)18(28)14-23-20(29)16-7-4-3-5-8-16/h3-5,7-8,13H,6,9-12,14-15H2,1-2H3,(H,23,29). The molecule has 1 unspecified atom stereocenters. The largest absolute Gasteiger partial charge is 0.347 e. The van der Waals surface area contributed by atoms with Crippen molar-refractivity contribution in [3.63, 3.8) is 0 Å². The maximum absolute atomic E-state index is 12.8. The molecular weight excluding hydrogens is 366 g/mol. The molecule has 1 aromatic heterocycles. The minimum absolute atomic E-state index is 0.0172. The predicted octanol–water partition coefficient (Wildman–Crippen LogP) is 1.78. The molecule has 1 N–H and O–H groups in total. The van der Waals surface area contributed by atoms with E-state index in [2.05, 4.69) is 10.3 Å². The molecule has 2 heterocycles. The SMILES string of the molecule is CN(C)c1ncc2c(n1)C1(CCCN(C(=O)CNC(=O)c3ccccc3)C1)CC2. The van der Waals surface area contributed by atoms with E-state index in [0.29, 0.717) is 18.1 Å². The zero-order chi connectivity index (χ0) is 20.4. The number of hydrogen-bond acceptors (Lipinski definition) is 5. The molecule has 0 radical (unpaired) electrons. The van der Waals surface area contributed by atoms with Gasteiger partial charge in [-0.15, -0.1) is 0 Å². The molecule has 1 aliphatic heterocycles. The number of nitrogens with one attached hydrogen (secondary N) is 1. The van der Waals surface area contributed by atoms with Gasteiger partial charge in [-0.3, -0.25) is 9.59 Å². The fourth-order valence-electron chi connectivity index (χ4n) is 4.45. The smallest absolute Gasteiger partial charge is 0.251 e. The maximum Gasteiger partial charge on any atom is 0.251 e. The number of nitrogens with zero attached hydrogens (tertiary/aromatic N) is 4. The van der Waals surface area contributed by atoms with E-state index < -0.39 is 0 Å². The number of carbonyl (C=O) groups is 2. The summed E-state index contributed by atoms with van der Waals surface area (Å²) in [6.07, 6.45) is 5.86. The fourth-order valence-corrected chi connectivity index (χ4v) is 4.45. The Labute approximate surface area is 171 Å². The van der Waals surface area contributed by atoms with E-state index in [1.807, 2.05) is 48.3 Å². The van der Waals surface area contributed by atoms with Gasteiger partial charge in [-0.2, -0.15) is 0 Å². The maximum atomic E-state index is 12.8. The lowest BCUT2D eigenvalue weighted by atomic mass is 9.77. The van der Waals surface area contributed by atoms with Gasteiger partial charge in [0.05, 0.1) is 12.2 Å². The number of anilines is 1. The van der Waals surface area contributed by atoms with Gasteiger partial charge in [0, 0.05) is 44.4 Å². The van der Waals surface area contributed by atoms with E-state index in [4.69, 9.17) is 4.98 Å². The highest BCUT2D eigenvalue weighted by molar-refractivity contribution is 5.96. The molecule has 1 spiro atoms. The average Bonchev–Trinajstić information content (AvgIpc) is 3.09. The molecule has 2 aliphatic rings. The van der Waals surface area contributed by atoms with Crippen LogP contribution in [0.3, 0.4) is 0 Å². The molecule has 1 fully saturated rings. The third kappa shape index (κ3) is 3.81. The van der Waals surface area contributed by atoms with Crippen LogP contribution in [0.15, 0.2) is 36.5 Å². The van der Waals surface area contributed by atoms with Crippen LogP contribution >= 0.6 is 0 Å². The Morgan fingerprint density at radius 3 is 2.76 bits per heavy atom. The van der Waals surface area contributed by atoms with Crippen molar-refractivity contribution in [3.05, 3.63) is 53.3 Å². The number of aromatic nitrogens is 2. The van der Waals surface area contributed by atoms with Gasteiger partial charge in [0.2, 0.25) is 11.9 Å². The molecule has 1 aliphatic carbocycles. The second kappa shape index (κ2) is 7.81. The number of carbonyl (C=O) groups excluding carboxylic acids is 2. The average molecular weight is 393 g/mol. The van der Waals surface area contributed by atoms with Gasteiger partial charge in [0.1, 0.15) is 0 Å². The Hall–Kier alpha value is -2.96. The topological polar surface area (TPSA) is 78.4 Å². The Bertz CT molecular complexity index is 911. The minimum Gasteiger partial charge on any atom is -0.347 e. The highest BCUT2D eigenvalue weighted by Gasteiger charge is 2.44. The van der Waals surface area contributed by atoms with Crippen LogP contribution in [-0.2, 0) is 16.6 Å². The molecule has 29 heavy (non-hydrogen) atoms. The first-order valence-electron chi connectivity index (χ1n) is 10.1. The van der Waals surface area contributed by atoms with Crippen molar-refractivity contribution in [3.8, 4) is 0 Å². The molecule has 4 rings (SSSR count). The number of amides is 2. The second-order valence-corrected chi connectivity index (χ2v) is 8.19. The molecule has 7 heteroatoms. The third-order valence-corrected chi connectivity index (χ3v) is 5.99. The Kier molecular flexibility index (Phi) is 5.22. The van der Waals surface area contributed by atoms with E-state index in [9.17, 15) is 9.59 Å². The Morgan fingerprint density at radius 2 is 2.00 bits per heavy atom. The normalized spacial score (nSPS) is 20.4. The first kappa shape index (κ1) is 19.4. The van der Waals surface area contributed by atoms with Crippen LogP contribution < -0.4 is 10.2 Å². The molecule has 2 aromatic rings. The molecule has 2 amide bonds. The van der Waals surface area contributed by atoms with Crippen molar-refractivity contribution >= 4 is 17.8 Å². The first-order valence-corrected chi connectivity index (χ1v) is 10.1. The van der Waals surface area contributed by atoms with Gasteiger partial charge in [0.15, 0.2) is 0 Å². The highest BCUT2D eigenvalue weighted by Crippen LogP contribution is 2.44. The predicted molar refractivity (Wildman–Crippen MR) is 111 cm³/mol. The second-order valence-electron chi connectivity index (χ2n) is 8.19. The van der Waals surface area contributed by atoms with E-state index in [1.54, 1.807) is 12.1 Å². The molecule has 0 saturated carbocycles. The summed E-state index contributed by atoms with van der Waals surface area (Å²) in [5.41, 5.74) is 2.76. The van der Waals surface area contributed by atoms with Gasteiger partial charge >= 0.3 is 0 Å². The van der Waals surface area contributed by atoms with Crippen LogP contribution in [0.5, 0.6) is 0 Å². The summed E-state index contributed by atoms with van der Waals surface area (Å²) in [5, 5.41) is 2.76. The van der Waals surface area contributed by atoms with Crippen molar-refractivity contribution < 1.29 is 9.59 Å². The molecule has 1 saturated heterocycles. The lowest BCUT2D eigenvalue weighted by Crippen LogP contribution is -2.50. The monoisotopic (exact) mass is 393 g/mol. The summed E-state index contributed by atoms with van der Waals surface area (Å²) in [4.78, 5) is 38.2. The number of likely N-dealkylation sites (tertiary alicyclic amines) is 1. The molecule has 7 nitrogen and oxygen atoms in total. The van der Waals surface area contributed by atoms with Crippen LogP contribution in [0.4, 0.5) is 5.95 Å². The Morgan fingerprint density at radius 1 is 1.21 bits per heavy atom. The number of piperidine rings is 1. The number of fused-ring (bicyclic) bond motifs is 2. The molecular formula is C22H27N5O2. The molecule has 152 valence electrons. The molecule has 0 bridgehead atoms. The van der Waals surface area contributed by atoms with E-state index >= 15 is 0 Å². The van der Waals surface area contributed by atoms with Crippen LogP contribution in [-0.4, -0.2) is 60.4 Å². The van der Waals surface area contributed by atoms with Gasteiger partial charge in [-0.1, -0.05) is 18.2 Å². The zero-order valence-corrected chi connectivity index (χ0v) is 17.0. The summed E-state index contributed by atoms with van der Waals surface area (Å²) < 4.78 is 0. The number of hydrogen-bond donors (Lipinski definition) is 1. The van der Waals surface area contributed by atoms with Crippen LogP contribution in [0.2, 0.25) is 0 Å². The summed E-state index contributed by atoms with van der Waals surface area (Å²) in [6.45, 7) is 1.40. The van der Waals surface area contributed by atoms with Crippen LogP contribution in [0, 0.1) is 0 Å². The van der Waals surface area contributed by atoms with Crippen LogP contribution in [0.1, 0.15) is 40.9 Å². The summed E-state index contributed by atoms with van der Waals surface area (Å²) in [7, 11) is 3.88. The minimum atomic E-state index is -0.222. The molecule has 1 atom stereocenters. The van der Waals surface area contributed by atoms with Gasteiger partial charge in [-0.25, -0.2) is 9.97 Å². The van der Waals surface area contributed by atoms with E-state index in [0.717, 1.165) is 37.9 Å². The quantitative estimate of drug-likeness (QED) is 0.857. The summed E-state index contributed by atoms with van der Waals surface area (Å²) >= 11 is 0. The first-order chi connectivity index (χ1) is 14.0. The fraction of sp³-hybridized carbons (Fsp3) is 0.455. The van der Waals surface area contributed by atoms with E-state index in [1.165, 1.54) is 5.56 Å². The van der Waals surface area contributed by atoms with Crippen molar-refractivity contribution in [2.75, 3.05) is 38.6 Å². The summed E-state index contributed by atoms with van der Waals surface area (Å²) in [5.74, 6) is 0.451. The van der Waals surface area contributed by atoms with Gasteiger partial charge in [-0.05, 0) is 43.4 Å². The molecule has 1 aromatic carbocycles. The number of benzene rings is 1. The van der Waals surface area contributed by atoms with Crippen molar-refractivity contribution in [1.29, 1.82) is 0 Å². The lowest BCUT2D eigenvalue weighted by Gasteiger charge is -2.40. The third-order valence-electron chi connectivity index (χ3n) is 5.99. The van der Waals surface area contributed by atoms with Crippen molar-refractivity contribution in [1.82, 2.24) is 20.2 Å². The van der Waals surface area contributed by atoms with E-state index in [-0.39, 0.29) is 23.8 Å². The van der Waals surface area contributed by atoms with Crippen molar-refractivity contribution in [2.45, 2.75) is 31.1 Å². The Balaban J connectivity index is 1.45. The lowest BCUT2D eigenvalue weighted by molar-refractivity contribution is -0.132. The highest BCUT2D eigenvalue weighted by atomic mass is 16.2.